The summed E-state index contributed by atoms with van der Waals surface area (Å²) in [7, 11) is 2.06. The molecule has 1 saturated carbocycles. The molecule has 120 valence electrons. The normalized spacial score (nSPS) is 22.3. The Morgan fingerprint density at radius 1 is 1.41 bits per heavy atom. The van der Waals surface area contributed by atoms with Crippen LogP contribution in [0.2, 0.25) is 5.02 Å². The molecule has 1 aromatic heterocycles. The summed E-state index contributed by atoms with van der Waals surface area (Å²) in [5.41, 5.74) is 2.58. The molecule has 4 nitrogen and oxygen atoms in total. The molecule has 1 fully saturated rings. The minimum Gasteiger partial charge on any atom is -0.439 e. The van der Waals surface area contributed by atoms with Gasteiger partial charge < -0.3 is 9.52 Å². The number of aliphatic hydroxyl groups is 1. The van der Waals surface area contributed by atoms with Crippen LogP contribution in [-0.2, 0) is 6.54 Å². The molecule has 0 bridgehead atoms. The third kappa shape index (κ3) is 3.00. The van der Waals surface area contributed by atoms with Gasteiger partial charge in [0.2, 0.25) is 0 Å². The average Bonchev–Trinajstić information content (AvgIpc) is 3.04. The summed E-state index contributed by atoms with van der Waals surface area (Å²) >= 11 is 6.35. The maximum Gasteiger partial charge on any atom is 0.198 e. The van der Waals surface area contributed by atoms with Crippen molar-refractivity contribution in [1.82, 2.24) is 9.88 Å². The molecule has 1 heterocycles. The van der Waals surface area contributed by atoms with Gasteiger partial charge in [0.25, 0.3) is 0 Å². The van der Waals surface area contributed by atoms with Crippen molar-refractivity contribution in [3.8, 4) is 0 Å². The van der Waals surface area contributed by atoms with Crippen LogP contribution in [0.3, 0.4) is 0 Å². The van der Waals surface area contributed by atoms with Crippen LogP contribution in [0.1, 0.15) is 50.5 Å². The number of rotatable bonds is 4. The van der Waals surface area contributed by atoms with Gasteiger partial charge in [-0.1, -0.05) is 25.4 Å². The summed E-state index contributed by atoms with van der Waals surface area (Å²) in [6.45, 7) is 4.85. The molecule has 0 spiro atoms. The van der Waals surface area contributed by atoms with E-state index in [0.717, 1.165) is 36.9 Å². The quantitative estimate of drug-likeness (QED) is 0.926. The maximum absolute atomic E-state index is 10.0. The number of aromatic nitrogens is 1. The van der Waals surface area contributed by atoms with E-state index in [4.69, 9.17) is 16.0 Å². The van der Waals surface area contributed by atoms with Gasteiger partial charge in [-0.25, -0.2) is 4.98 Å². The van der Waals surface area contributed by atoms with Gasteiger partial charge in [-0.3, -0.25) is 4.90 Å². The zero-order chi connectivity index (χ0) is 15.9. The minimum atomic E-state index is -0.219. The van der Waals surface area contributed by atoms with Gasteiger partial charge in [-0.15, -0.1) is 0 Å². The van der Waals surface area contributed by atoms with E-state index < -0.39 is 0 Å². The molecule has 1 N–H and O–H groups in total. The molecule has 5 heteroatoms. The molecular weight excluding hydrogens is 300 g/mol. The predicted octanol–water partition coefficient (Wildman–Crippen LogP) is 3.95. The van der Waals surface area contributed by atoms with Gasteiger partial charge in [0, 0.05) is 18.5 Å². The Labute approximate surface area is 136 Å². The Hall–Kier alpha value is -1.10. The van der Waals surface area contributed by atoms with E-state index in [1.807, 2.05) is 12.1 Å². The minimum absolute atomic E-state index is 0.219. The Morgan fingerprint density at radius 2 is 2.18 bits per heavy atom. The van der Waals surface area contributed by atoms with Crippen molar-refractivity contribution in [1.29, 1.82) is 0 Å². The van der Waals surface area contributed by atoms with Crippen LogP contribution in [-0.4, -0.2) is 34.2 Å². The summed E-state index contributed by atoms with van der Waals surface area (Å²) in [6.07, 6.45) is 2.82. The second-order valence-corrected chi connectivity index (χ2v) is 7.02. The predicted molar refractivity (Wildman–Crippen MR) is 88.2 cm³/mol. The number of hydrogen-bond donors (Lipinski definition) is 1. The Kier molecular flexibility index (Phi) is 4.44. The van der Waals surface area contributed by atoms with E-state index in [1.54, 1.807) is 0 Å². The van der Waals surface area contributed by atoms with Crippen LogP contribution in [0.15, 0.2) is 16.5 Å². The van der Waals surface area contributed by atoms with Crippen LogP contribution in [0.4, 0.5) is 0 Å². The van der Waals surface area contributed by atoms with Gasteiger partial charge in [0.1, 0.15) is 5.52 Å². The number of oxazole rings is 1. The summed E-state index contributed by atoms with van der Waals surface area (Å²) < 4.78 is 5.74. The van der Waals surface area contributed by atoms with Crippen molar-refractivity contribution in [3.05, 3.63) is 28.6 Å². The highest BCUT2D eigenvalue weighted by atomic mass is 35.5. The van der Waals surface area contributed by atoms with E-state index in [-0.39, 0.29) is 18.1 Å². The standard InChI is InChI=1S/C17H23ClN2O2/c1-10(2)17-19-13-8-11(7-12(18)16(13)22-17)9-20(3)14-5-4-6-15(14)21/h7-8,10,14-15,21H,4-6,9H2,1-3H3/t14-,15+/m0/s1. The van der Waals surface area contributed by atoms with Gasteiger partial charge in [-0.05, 0) is 44.0 Å². The molecule has 1 aliphatic carbocycles. The van der Waals surface area contributed by atoms with Crippen LogP contribution >= 0.6 is 11.6 Å². The number of halogens is 1. The summed E-state index contributed by atoms with van der Waals surface area (Å²) in [4.78, 5) is 6.74. The summed E-state index contributed by atoms with van der Waals surface area (Å²) in [5.74, 6) is 0.955. The van der Waals surface area contributed by atoms with Crippen molar-refractivity contribution < 1.29 is 9.52 Å². The van der Waals surface area contributed by atoms with Crippen molar-refractivity contribution in [2.45, 2.75) is 57.7 Å². The topological polar surface area (TPSA) is 49.5 Å². The van der Waals surface area contributed by atoms with E-state index in [2.05, 4.69) is 30.8 Å². The molecule has 1 aliphatic rings. The Morgan fingerprint density at radius 3 is 2.82 bits per heavy atom. The zero-order valence-electron chi connectivity index (χ0n) is 13.3. The number of benzene rings is 1. The Balaban J connectivity index is 1.84. The first-order chi connectivity index (χ1) is 10.5. The summed E-state index contributed by atoms with van der Waals surface area (Å²) in [5, 5.41) is 10.6. The van der Waals surface area contributed by atoms with Crippen LogP contribution in [0, 0.1) is 0 Å². The van der Waals surface area contributed by atoms with Crippen molar-refractivity contribution in [3.63, 3.8) is 0 Å². The lowest BCUT2D eigenvalue weighted by molar-refractivity contribution is 0.0825. The lowest BCUT2D eigenvalue weighted by Gasteiger charge is -2.27. The number of hydrogen-bond acceptors (Lipinski definition) is 4. The zero-order valence-corrected chi connectivity index (χ0v) is 14.1. The number of fused-ring (bicyclic) bond motifs is 1. The molecule has 2 atom stereocenters. The SMILES string of the molecule is CC(C)c1nc2cc(CN(C)[C@H]3CCC[C@H]3O)cc(Cl)c2o1. The molecule has 22 heavy (non-hydrogen) atoms. The van der Waals surface area contributed by atoms with E-state index in [0.29, 0.717) is 16.5 Å². The lowest BCUT2D eigenvalue weighted by atomic mass is 10.1. The summed E-state index contributed by atoms with van der Waals surface area (Å²) in [6, 6.07) is 4.21. The van der Waals surface area contributed by atoms with Crippen molar-refractivity contribution >= 4 is 22.7 Å². The fourth-order valence-corrected chi connectivity index (χ4v) is 3.52. The maximum atomic E-state index is 10.0. The number of nitrogens with zero attached hydrogens (tertiary/aromatic N) is 2. The number of aliphatic hydroxyl groups excluding tert-OH is 1. The van der Waals surface area contributed by atoms with Gasteiger partial charge in [0.05, 0.1) is 11.1 Å². The third-order valence-electron chi connectivity index (χ3n) is 4.46. The second kappa shape index (κ2) is 6.19. The highest BCUT2D eigenvalue weighted by Gasteiger charge is 2.28. The number of likely N-dealkylation sites (N-methyl/N-ethyl adjacent to an activating group) is 1. The fourth-order valence-electron chi connectivity index (χ4n) is 3.24. The molecule has 0 amide bonds. The van der Waals surface area contributed by atoms with E-state index >= 15 is 0 Å². The van der Waals surface area contributed by atoms with Gasteiger partial charge in [0.15, 0.2) is 11.5 Å². The highest BCUT2D eigenvalue weighted by molar-refractivity contribution is 6.34. The first-order valence-electron chi connectivity index (χ1n) is 7.93. The molecular formula is C17H23ClN2O2. The molecule has 0 radical (unpaired) electrons. The smallest absolute Gasteiger partial charge is 0.198 e. The van der Waals surface area contributed by atoms with Gasteiger partial charge >= 0.3 is 0 Å². The second-order valence-electron chi connectivity index (χ2n) is 6.61. The first kappa shape index (κ1) is 15.8. The van der Waals surface area contributed by atoms with Gasteiger partial charge in [-0.2, -0.15) is 0 Å². The average molecular weight is 323 g/mol. The first-order valence-corrected chi connectivity index (χ1v) is 8.30. The van der Waals surface area contributed by atoms with Crippen LogP contribution < -0.4 is 0 Å². The molecule has 2 aromatic rings. The van der Waals surface area contributed by atoms with E-state index in [9.17, 15) is 5.11 Å². The molecule has 3 rings (SSSR count). The lowest BCUT2D eigenvalue weighted by Crippen LogP contribution is -2.36. The monoisotopic (exact) mass is 322 g/mol. The van der Waals surface area contributed by atoms with Crippen LogP contribution in [0.5, 0.6) is 0 Å². The largest absolute Gasteiger partial charge is 0.439 e. The van der Waals surface area contributed by atoms with Crippen molar-refractivity contribution in [2.24, 2.45) is 0 Å². The fraction of sp³-hybridized carbons (Fsp3) is 0.588. The van der Waals surface area contributed by atoms with E-state index in [1.165, 1.54) is 0 Å². The third-order valence-corrected chi connectivity index (χ3v) is 4.74. The molecule has 0 unspecified atom stereocenters. The van der Waals surface area contributed by atoms with Crippen LogP contribution in [0.25, 0.3) is 11.1 Å². The molecule has 0 saturated heterocycles. The Bertz CT molecular complexity index is 668. The highest BCUT2D eigenvalue weighted by Crippen LogP contribution is 2.30. The van der Waals surface area contributed by atoms with Crippen molar-refractivity contribution in [2.75, 3.05) is 7.05 Å². The molecule has 0 aliphatic heterocycles. The molecule has 1 aromatic carbocycles.